The molecule has 0 unspecified atom stereocenters. The van der Waals surface area contributed by atoms with Gasteiger partial charge in [0.2, 0.25) is 5.91 Å². The van der Waals surface area contributed by atoms with Crippen molar-refractivity contribution in [3.63, 3.8) is 0 Å². The van der Waals surface area contributed by atoms with E-state index in [1.807, 2.05) is 42.5 Å². The van der Waals surface area contributed by atoms with Crippen LogP contribution < -0.4 is 5.32 Å². The summed E-state index contributed by atoms with van der Waals surface area (Å²) in [5, 5.41) is 2.75. The summed E-state index contributed by atoms with van der Waals surface area (Å²) in [6.45, 7) is 3.02. The van der Waals surface area contributed by atoms with E-state index < -0.39 is 0 Å². The van der Waals surface area contributed by atoms with Gasteiger partial charge in [-0.05, 0) is 36.2 Å². The van der Waals surface area contributed by atoms with Crippen LogP contribution in [0, 0.1) is 0 Å². The van der Waals surface area contributed by atoms with E-state index in [0.29, 0.717) is 5.56 Å². The molecule has 0 radical (unpaired) electrons. The molecule has 2 rings (SSSR count). The van der Waals surface area contributed by atoms with E-state index in [9.17, 15) is 9.59 Å². The molecule has 0 bridgehead atoms. The van der Waals surface area contributed by atoms with Gasteiger partial charge in [0.25, 0.3) is 0 Å². The lowest BCUT2D eigenvalue weighted by molar-refractivity contribution is -0.114. The van der Waals surface area contributed by atoms with Crippen LogP contribution in [0.1, 0.15) is 24.2 Å². The molecule has 0 aliphatic rings. The van der Waals surface area contributed by atoms with E-state index in [0.717, 1.165) is 16.8 Å². The number of amides is 1. The Morgan fingerprint density at radius 3 is 2.16 bits per heavy atom. The molecule has 2 aromatic rings. The average Bonchev–Trinajstić information content (AvgIpc) is 2.38. The number of carbonyl (C=O) groups excluding carboxylic acids is 2. The maximum Gasteiger partial charge on any atom is 0.221 e. The Morgan fingerprint density at radius 1 is 0.895 bits per heavy atom. The Labute approximate surface area is 112 Å². The standard InChI is InChI=1S/C16H15NO2/c1-11(18)13-5-3-6-14(9-13)15-7-4-8-16(10-15)17-12(2)19/h3-10H,1-2H3,(H,17,19). The van der Waals surface area contributed by atoms with Crippen LogP contribution in [0.15, 0.2) is 48.5 Å². The van der Waals surface area contributed by atoms with E-state index in [4.69, 9.17) is 0 Å². The first-order valence-corrected chi connectivity index (χ1v) is 6.05. The summed E-state index contributed by atoms with van der Waals surface area (Å²) in [6, 6.07) is 15.0. The van der Waals surface area contributed by atoms with Crippen molar-refractivity contribution < 1.29 is 9.59 Å². The predicted molar refractivity (Wildman–Crippen MR) is 76.2 cm³/mol. The summed E-state index contributed by atoms with van der Waals surface area (Å²) in [4.78, 5) is 22.4. The van der Waals surface area contributed by atoms with Crippen LogP contribution in [0.25, 0.3) is 11.1 Å². The number of anilines is 1. The molecule has 3 heteroatoms. The second kappa shape index (κ2) is 5.48. The van der Waals surface area contributed by atoms with Gasteiger partial charge >= 0.3 is 0 Å². The lowest BCUT2D eigenvalue weighted by Gasteiger charge is -2.07. The second-order valence-electron chi connectivity index (χ2n) is 4.40. The molecule has 0 aliphatic heterocycles. The van der Waals surface area contributed by atoms with Crippen LogP contribution >= 0.6 is 0 Å². The van der Waals surface area contributed by atoms with Crippen molar-refractivity contribution in [1.82, 2.24) is 0 Å². The van der Waals surface area contributed by atoms with E-state index in [-0.39, 0.29) is 11.7 Å². The number of carbonyl (C=O) groups is 2. The van der Waals surface area contributed by atoms with Crippen molar-refractivity contribution in [1.29, 1.82) is 0 Å². The Hall–Kier alpha value is -2.42. The van der Waals surface area contributed by atoms with E-state index in [1.54, 1.807) is 13.0 Å². The topological polar surface area (TPSA) is 46.2 Å². The summed E-state index contributed by atoms with van der Waals surface area (Å²) in [5.74, 6) is -0.0606. The average molecular weight is 253 g/mol. The van der Waals surface area contributed by atoms with Gasteiger partial charge in [-0.2, -0.15) is 0 Å². The fourth-order valence-electron chi connectivity index (χ4n) is 1.90. The highest BCUT2D eigenvalue weighted by molar-refractivity contribution is 5.95. The van der Waals surface area contributed by atoms with Crippen LogP contribution in [0.2, 0.25) is 0 Å². The third-order valence-corrected chi connectivity index (χ3v) is 2.79. The highest BCUT2D eigenvalue weighted by Gasteiger charge is 2.04. The zero-order valence-electron chi connectivity index (χ0n) is 10.9. The minimum atomic E-state index is -0.102. The van der Waals surface area contributed by atoms with E-state index in [1.165, 1.54) is 6.92 Å². The monoisotopic (exact) mass is 253 g/mol. The Bertz CT molecular complexity index is 632. The van der Waals surface area contributed by atoms with Gasteiger partial charge in [-0.25, -0.2) is 0 Å². The zero-order chi connectivity index (χ0) is 13.8. The van der Waals surface area contributed by atoms with Gasteiger partial charge in [-0.15, -0.1) is 0 Å². The third-order valence-electron chi connectivity index (χ3n) is 2.79. The number of hydrogen-bond acceptors (Lipinski definition) is 2. The van der Waals surface area contributed by atoms with E-state index >= 15 is 0 Å². The second-order valence-corrected chi connectivity index (χ2v) is 4.40. The first-order chi connectivity index (χ1) is 9.06. The lowest BCUT2D eigenvalue weighted by Crippen LogP contribution is -2.05. The summed E-state index contributed by atoms with van der Waals surface area (Å²) >= 11 is 0. The van der Waals surface area contributed by atoms with Crippen molar-refractivity contribution in [3.8, 4) is 11.1 Å². The van der Waals surface area contributed by atoms with Gasteiger partial charge in [0.05, 0.1) is 0 Å². The van der Waals surface area contributed by atoms with Crippen LogP contribution in [0.5, 0.6) is 0 Å². The van der Waals surface area contributed by atoms with Crippen molar-refractivity contribution in [2.24, 2.45) is 0 Å². The molecule has 0 atom stereocenters. The normalized spacial score (nSPS) is 10.0. The molecule has 3 nitrogen and oxygen atoms in total. The smallest absolute Gasteiger partial charge is 0.221 e. The Balaban J connectivity index is 2.38. The minimum Gasteiger partial charge on any atom is -0.326 e. The molecule has 1 amide bonds. The molecule has 0 saturated heterocycles. The molecule has 2 aromatic carbocycles. The summed E-state index contributed by atoms with van der Waals surface area (Å²) in [7, 11) is 0. The molecule has 96 valence electrons. The van der Waals surface area contributed by atoms with Gasteiger partial charge in [0.1, 0.15) is 0 Å². The van der Waals surface area contributed by atoms with Crippen molar-refractivity contribution in [2.75, 3.05) is 5.32 Å². The van der Waals surface area contributed by atoms with Crippen LogP contribution in [0.4, 0.5) is 5.69 Å². The van der Waals surface area contributed by atoms with Crippen LogP contribution in [0.3, 0.4) is 0 Å². The molecular formula is C16H15NO2. The Kier molecular flexibility index (Phi) is 3.76. The number of Topliss-reactive ketones (excluding diaryl/α,β-unsaturated/α-hetero) is 1. The molecular weight excluding hydrogens is 238 g/mol. The van der Waals surface area contributed by atoms with Crippen molar-refractivity contribution >= 4 is 17.4 Å². The minimum absolute atomic E-state index is 0.0415. The van der Waals surface area contributed by atoms with Gasteiger partial charge < -0.3 is 5.32 Å². The number of nitrogens with one attached hydrogen (secondary N) is 1. The molecule has 0 fully saturated rings. The largest absolute Gasteiger partial charge is 0.326 e. The quantitative estimate of drug-likeness (QED) is 0.851. The van der Waals surface area contributed by atoms with Gasteiger partial charge in [0.15, 0.2) is 5.78 Å². The molecule has 1 N–H and O–H groups in total. The van der Waals surface area contributed by atoms with Gasteiger partial charge in [-0.1, -0.05) is 30.3 Å². The lowest BCUT2D eigenvalue weighted by atomic mass is 10.0. The molecule has 0 spiro atoms. The fourth-order valence-corrected chi connectivity index (χ4v) is 1.90. The highest BCUT2D eigenvalue weighted by atomic mass is 16.1. The van der Waals surface area contributed by atoms with Crippen molar-refractivity contribution in [2.45, 2.75) is 13.8 Å². The maximum atomic E-state index is 11.4. The first-order valence-electron chi connectivity index (χ1n) is 6.05. The predicted octanol–water partition coefficient (Wildman–Crippen LogP) is 3.51. The number of benzene rings is 2. The van der Waals surface area contributed by atoms with E-state index in [2.05, 4.69) is 5.32 Å². The maximum absolute atomic E-state index is 11.4. The number of rotatable bonds is 3. The molecule has 0 heterocycles. The van der Waals surface area contributed by atoms with Crippen LogP contribution in [-0.2, 0) is 4.79 Å². The zero-order valence-corrected chi connectivity index (χ0v) is 10.9. The third kappa shape index (κ3) is 3.28. The summed E-state index contributed by atoms with van der Waals surface area (Å²) in [6.07, 6.45) is 0. The summed E-state index contributed by atoms with van der Waals surface area (Å²) in [5.41, 5.74) is 3.36. The number of hydrogen-bond donors (Lipinski definition) is 1. The molecule has 0 aromatic heterocycles. The first kappa shape index (κ1) is 13.0. The van der Waals surface area contributed by atoms with Crippen LogP contribution in [-0.4, -0.2) is 11.7 Å². The van der Waals surface area contributed by atoms with Gasteiger partial charge in [-0.3, -0.25) is 9.59 Å². The SMILES string of the molecule is CC(=O)Nc1cccc(-c2cccc(C(C)=O)c2)c1. The van der Waals surface area contributed by atoms with Gasteiger partial charge in [0, 0.05) is 18.2 Å². The molecule has 0 aliphatic carbocycles. The fraction of sp³-hybridized carbons (Fsp3) is 0.125. The van der Waals surface area contributed by atoms with Crippen molar-refractivity contribution in [3.05, 3.63) is 54.1 Å². The highest BCUT2D eigenvalue weighted by Crippen LogP contribution is 2.23. The summed E-state index contributed by atoms with van der Waals surface area (Å²) < 4.78 is 0. The Morgan fingerprint density at radius 2 is 1.53 bits per heavy atom. The molecule has 0 saturated carbocycles. The number of ketones is 1. The molecule has 19 heavy (non-hydrogen) atoms.